The first kappa shape index (κ1) is 16.3. The summed E-state index contributed by atoms with van der Waals surface area (Å²) in [5.41, 5.74) is 3.27. The van der Waals surface area contributed by atoms with Crippen LogP contribution in [0.2, 0.25) is 10.0 Å². The van der Waals surface area contributed by atoms with Gasteiger partial charge in [-0.15, -0.1) is 0 Å². The molecule has 1 aromatic carbocycles. The Morgan fingerprint density at radius 1 is 1.29 bits per heavy atom. The maximum Gasteiger partial charge on any atom is 0.0625 e. The monoisotopic (exact) mass is 325 g/mol. The molecule has 5 heteroatoms. The largest absolute Gasteiger partial charge is 0.309 e. The highest BCUT2D eigenvalue weighted by molar-refractivity contribution is 6.42. The Balaban J connectivity index is 2.32. The van der Waals surface area contributed by atoms with Crippen LogP contribution in [0.3, 0.4) is 0 Å². The number of likely N-dealkylation sites (N-methyl/N-ethyl adjacent to an activating group) is 1. The molecule has 0 saturated carbocycles. The second-order valence-corrected chi connectivity index (χ2v) is 5.84. The van der Waals surface area contributed by atoms with Gasteiger partial charge < -0.3 is 5.32 Å². The smallest absolute Gasteiger partial charge is 0.0625 e. The van der Waals surface area contributed by atoms with Crippen LogP contribution in [0, 0.1) is 6.92 Å². The number of nitrogens with zero attached hydrogens (tertiary/aromatic N) is 2. The van der Waals surface area contributed by atoms with E-state index in [1.165, 1.54) is 5.69 Å². The number of benzene rings is 1. The third kappa shape index (κ3) is 3.79. The number of aryl methyl sites for hydroxylation is 2. The number of aromatic nitrogens is 2. The van der Waals surface area contributed by atoms with Gasteiger partial charge in [0.05, 0.1) is 27.5 Å². The van der Waals surface area contributed by atoms with Gasteiger partial charge >= 0.3 is 0 Å². The predicted molar refractivity (Wildman–Crippen MR) is 89.2 cm³/mol. The van der Waals surface area contributed by atoms with E-state index in [-0.39, 0.29) is 6.04 Å². The van der Waals surface area contributed by atoms with E-state index in [2.05, 4.69) is 30.3 Å². The molecule has 1 unspecified atom stereocenters. The lowest BCUT2D eigenvalue weighted by Gasteiger charge is -2.20. The van der Waals surface area contributed by atoms with Gasteiger partial charge in [0, 0.05) is 6.54 Å². The van der Waals surface area contributed by atoms with E-state index < -0.39 is 0 Å². The van der Waals surface area contributed by atoms with Crippen LogP contribution in [-0.4, -0.2) is 16.3 Å². The van der Waals surface area contributed by atoms with Crippen molar-refractivity contribution < 1.29 is 0 Å². The molecule has 21 heavy (non-hydrogen) atoms. The number of nitrogens with one attached hydrogen (secondary N) is 1. The van der Waals surface area contributed by atoms with Gasteiger partial charge in [-0.2, -0.15) is 5.10 Å². The van der Waals surface area contributed by atoms with Gasteiger partial charge in [0.1, 0.15) is 0 Å². The molecule has 2 aromatic rings. The summed E-state index contributed by atoms with van der Waals surface area (Å²) >= 11 is 12.4. The van der Waals surface area contributed by atoms with Gasteiger partial charge in [-0.05, 0) is 44.5 Å². The summed E-state index contributed by atoms with van der Waals surface area (Å²) < 4.78 is 2.04. The lowest BCUT2D eigenvalue weighted by molar-refractivity contribution is 0.490. The zero-order valence-electron chi connectivity index (χ0n) is 12.7. The standard InChI is InChI=1S/C16H21Cl2N3/c1-4-19-14(15-9-11(3)20-21(15)5-2)10-12-7-6-8-13(17)16(12)18/h6-9,14,19H,4-5,10H2,1-3H3. The zero-order valence-corrected chi connectivity index (χ0v) is 14.2. The summed E-state index contributed by atoms with van der Waals surface area (Å²) in [4.78, 5) is 0. The second kappa shape index (κ2) is 7.30. The number of hydrogen-bond acceptors (Lipinski definition) is 2. The average Bonchev–Trinajstić information content (AvgIpc) is 2.84. The maximum atomic E-state index is 6.32. The van der Waals surface area contributed by atoms with Crippen molar-refractivity contribution in [3.8, 4) is 0 Å². The maximum absolute atomic E-state index is 6.32. The van der Waals surface area contributed by atoms with E-state index in [9.17, 15) is 0 Å². The van der Waals surface area contributed by atoms with Crippen molar-refractivity contribution in [2.45, 2.75) is 39.8 Å². The molecule has 0 aliphatic heterocycles. The molecule has 0 spiro atoms. The van der Waals surface area contributed by atoms with Crippen LogP contribution in [0.5, 0.6) is 0 Å². The van der Waals surface area contributed by atoms with Gasteiger partial charge in [-0.3, -0.25) is 4.68 Å². The summed E-state index contributed by atoms with van der Waals surface area (Å²) in [5.74, 6) is 0. The van der Waals surface area contributed by atoms with Crippen molar-refractivity contribution >= 4 is 23.2 Å². The highest BCUT2D eigenvalue weighted by Crippen LogP contribution is 2.29. The van der Waals surface area contributed by atoms with E-state index in [0.717, 1.165) is 30.8 Å². The third-order valence-corrected chi connectivity index (χ3v) is 4.35. The third-order valence-electron chi connectivity index (χ3n) is 3.50. The van der Waals surface area contributed by atoms with E-state index in [4.69, 9.17) is 23.2 Å². The average molecular weight is 326 g/mol. The minimum absolute atomic E-state index is 0.173. The van der Waals surface area contributed by atoms with E-state index >= 15 is 0 Å². The van der Waals surface area contributed by atoms with Crippen molar-refractivity contribution in [3.05, 3.63) is 51.3 Å². The van der Waals surface area contributed by atoms with Crippen molar-refractivity contribution in [2.24, 2.45) is 0 Å². The molecular weight excluding hydrogens is 305 g/mol. The molecule has 3 nitrogen and oxygen atoms in total. The molecule has 1 heterocycles. The quantitative estimate of drug-likeness (QED) is 0.852. The lowest BCUT2D eigenvalue weighted by atomic mass is 10.0. The van der Waals surface area contributed by atoms with E-state index in [1.54, 1.807) is 0 Å². The van der Waals surface area contributed by atoms with Gasteiger partial charge in [0.2, 0.25) is 0 Å². The fourth-order valence-electron chi connectivity index (χ4n) is 2.55. The Bertz CT molecular complexity index is 608. The summed E-state index contributed by atoms with van der Waals surface area (Å²) in [7, 11) is 0. The molecule has 114 valence electrons. The van der Waals surface area contributed by atoms with Crippen LogP contribution in [0.25, 0.3) is 0 Å². The van der Waals surface area contributed by atoms with Crippen molar-refractivity contribution in [1.82, 2.24) is 15.1 Å². The van der Waals surface area contributed by atoms with Crippen LogP contribution in [-0.2, 0) is 13.0 Å². The minimum Gasteiger partial charge on any atom is -0.309 e. The van der Waals surface area contributed by atoms with Crippen LogP contribution in [0.1, 0.15) is 36.8 Å². The molecule has 0 aliphatic carbocycles. The first-order chi connectivity index (χ1) is 10.1. The second-order valence-electron chi connectivity index (χ2n) is 5.05. The van der Waals surface area contributed by atoms with Gasteiger partial charge in [0.25, 0.3) is 0 Å². The van der Waals surface area contributed by atoms with E-state index in [0.29, 0.717) is 10.0 Å². The predicted octanol–water partition coefficient (Wildman–Crippen LogP) is 4.41. The number of hydrogen-bond donors (Lipinski definition) is 1. The SMILES string of the molecule is CCNC(Cc1cccc(Cl)c1Cl)c1cc(C)nn1CC. The Hall–Kier alpha value is -1.03. The Kier molecular flexibility index (Phi) is 5.68. The summed E-state index contributed by atoms with van der Waals surface area (Å²) in [6.45, 7) is 7.97. The Morgan fingerprint density at radius 2 is 2.05 bits per heavy atom. The van der Waals surface area contributed by atoms with Crippen molar-refractivity contribution in [1.29, 1.82) is 0 Å². The fourth-order valence-corrected chi connectivity index (χ4v) is 2.95. The summed E-state index contributed by atoms with van der Waals surface area (Å²) in [6.07, 6.45) is 0.790. The molecule has 2 rings (SSSR count). The van der Waals surface area contributed by atoms with Gasteiger partial charge in [-0.25, -0.2) is 0 Å². The molecule has 0 bridgehead atoms. The summed E-state index contributed by atoms with van der Waals surface area (Å²) in [5, 5.41) is 9.29. The van der Waals surface area contributed by atoms with Gasteiger partial charge in [-0.1, -0.05) is 42.3 Å². The zero-order chi connectivity index (χ0) is 15.4. The highest BCUT2D eigenvalue weighted by Gasteiger charge is 2.18. The van der Waals surface area contributed by atoms with Crippen LogP contribution in [0.4, 0.5) is 0 Å². The molecule has 0 aliphatic rings. The number of halogens is 2. The molecular formula is C16H21Cl2N3. The number of rotatable bonds is 6. The minimum atomic E-state index is 0.173. The van der Waals surface area contributed by atoms with Gasteiger partial charge in [0.15, 0.2) is 0 Å². The summed E-state index contributed by atoms with van der Waals surface area (Å²) in [6, 6.07) is 8.09. The van der Waals surface area contributed by atoms with Crippen molar-refractivity contribution in [3.63, 3.8) is 0 Å². The molecule has 1 aromatic heterocycles. The van der Waals surface area contributed by atoms with Crippen LogP contribution in [0.15, 0.2) is 24.3 Å². The van der Waals surface area contributed by atoms with E-state index in [1.807, 2.05) is 29.8 Å². The first-order valence-electron chi connectivity index (χ1n) is 7.27. The lowest BCUT2D eigenvalue weighted by Crippen LogP contribution is -2.25. The molecule has 0 radical (unpaired) electrons. The fraction of sp³-hybridized carbons (Fsp3) is 0.438. The van der Waals surface area contributed by atoms with Crippen LogP contribution >= 0.6 is 23.2 Å². The Labute approximate surface area is 136 Å². The molecule has 1 atom stereocenters. The van der Waals surface area contributed by atoms with Crippen molar-refractivity contribution in [2.75, 3.05) is 6.54 Å². The normalized spacial score (nSPS) is 12.6. The molecule has 1 N–H and O–H groups in total. The van der Waals surface area contributed by atoms with Crippen LogP contribution < -0.4 is 5.32 Å². The Morgan fingerprint density at radius 3 is 2.71 bits per heavy atom. The molecule has 0 fully saturated rings. The topological polar surface area (TPSA) is 29.9 Å². The molecule has 0 saturated heterocycles. The first-order valence-corrected chi connectivity index (χ1v) is 8.03. The molecule has 0 amide bonds. The highest BCUT2D eigenvalue weighted by atomic mass is 35.5.